The normalized spacial score (nSPS) is 27.8. The molecule has 1 saturated carbocycles. The van der Waals surface area contributed by atoms with Gasteiger partial charge in [-0.05, 0) is 48.3 Å². The van der Waals surface area contributed by atoms with E-state index >= 15 is 0 Å². The summed E-state index contributed by atoms with van der Waals surface area (Å²) < 4.78 is 5.13. The van der Waals surface area contributed by atoms with Gasteiger partial charge in [0.05, 0.1) is 7.11 Å². The second-order valence-electron chi connectivity index (χ2n) is 5.09. The van der Waals surface area contributed by atoms with E-state index in [0.717, 1.165) is 12.2 Å². The summed E-state index contributed by atoms with van der Waals surface area (Å²) >= 11 is 0. The molecule has 2 unspecified atom stereocenters. The van der Waals surface area contributed by atoms with Crippen LogP contribution >= 0.6 is 0 Å². The molecule has 0 heterocycles. The average Bonchev–Trinajstić information content (AvgIpc) is 2.99. The van der Waals surface area contributed by atoms with Crippen molar-refractivity contribution in [1.82, 2.24) is 0 Å². The van der Waals surface area contributed by atoms with E-state index in [0.29, 0.717) is 17.9 Å². The molecule has 1 aliphatic carbocycles. The molecule has 0 radical (unpaired) electrons. The molecule has 1 aromatic carbocycles. The van der Waals surface area contributed by atoms with Crippen molar-refractivity contribution < 1.29 is 9.84 Å². The van der Waals surface area contributed by atoms with Crippen LogP contribution in [0, 0.1) is 11.3 Å². The number of benzene rings is 1. The highest BCUT2D eigenvalue weighted by Gasteiger charge is 2.48. The zero-order chi connectivity index (χ0) is 11.6. The molecule has 2 heteroatoms. The van der Waals surface area contributed by atoms with Crippen LogP contribution in [0.2, 0.25) is 0 Å². The van der Waals surface area contributed by atoms with E-state index in [-0.39, 0.29) is 0 Å². The molecular formula is C14H20O2. The zero-order valence-electron chi connectivity index (χ0n) is 10.1. The summed E-state index contributed by atoms with van der Waals surface area (Å²) in [5.74, 6) is 1.44. The summed E-state index contributed by atoms with van der Waals surface area (Å²) in [5.41, 5.74) is 1.74. The molecule has 2 nitrogen and oxygen atoms in total. The first-order valence-electron chi connectivity index (χ1n) is 5.92. The fraction of sp³-hybridized carbons (Fsp3) is 0.571. The highest BCUT2D eigenvalue weighted by atomic mass is 16.5. The predicted molar refractivity (Wildman–Crippen MR) is 64.6 cm³/mol. The van der Waals surface area contributed by atoms with Crippen molar-refractivity contribution in [3.63, 3.8) is 0 Å². The van der Waals surface area contributed by atoms with E-state index in [9.17, 15) is 0 Å². The molecule has 2 atom stereocenters. The second kappa shape index (κ2) is 4.46. The summed E-state index contributed by atoms with van der Waals surface area (Å²) in [6, 6.07) is 8.26. The van der Waals surface area contributed by atoms with Gasteiger partial charge in [0.25, 0.3) is 0 Å². The summed E-state index contributed by atoms with van der Waals surface area (Å²) in [7, 11) is 1.69. The monoisotopic (exact) mass is 220 g/mol. The molecule has 0 aliphatic heterocycles. The number of methoxy groups -OCH3 is 1. The van der Waals surface area contributed by atoms with Gasteiger partial charge in [0.1, 0.15) is 5.75 Å². The maximum absolute atomic E-state index is 9.09. The lowest BCUT2D eigenvalue weighted by Gasteiger charge is -2.10. The van der Waals surface area contributed by atoms with Crippen molar-refractivity contribution >= 4 is 0 Å². The van der Waals surface area contributed by atoms with E-state index < -0.39 is 0 Å². The number of ether oxygens (including phenoxy) is 1. The van der Waals surface area contributed by atoms with E-state index in [1.54, 1.807) is 7.11 Å². The third-order valence-electron chi connectivity index (χ3n) is 3.90. The lowest BCUT2D eigenvalue weighted by Crippen LogP contribution is -2.03. The molecule has 0 spiro atoms. The number of hydrogen-bond acceptors (Lipinski definition) is 2. The van der Waals surface area contributed by atoms with Crippen molar-refractivity contribution in [1.29, 1.82) is 0 Å². The van der Waals surface area contributed by atoms with E-state index in [1.807, 2.05) is 12.1 Å². The lowest BCUT2D eigenvalue weighted by molar-refractivity contribution is 0.250. The largest absolute Gasteiger partial charge is 0.497 e. The van der Waals surface area contributed by atoms with Crippen molar-refractivity contribution in [2.45, 2.75) is 26.2 Å². The highest BCUT2D eigenvalue weighted by Crippen LogP contribution is 2.54. The Balaban J connectivity index is 1.86. The maximum Gasteiger partial charge on any atom is 0.118 e. The summed E-state index contributed by atoms with van der Waals surface area (Å²) in [4.78, 5) is 0. The van der Waals surface area contributed by atoms with E-state index in [4.69, 9.17) is 9.84 Å². The molecule has 88 valence electrons. The van der Waals surface area contributed by atoms with Gasteiger partial charge in [-0.15, -0.1) is 0 Å². The standard InChI is InChI=1S/C14H20O2/c1-14(9-12(14)10-15)8-7-11-3-5-13(16-2)6-4-11/h3-6,12,15H,7-10H2,1-2H3. The Morgan fingerprint density at radius 2 is 2.06 bits per heavy atom. The molecule has 16 heavy (non-hydrogen) atoms. The van der Waals surface area contributed by atoms with Gasteiger partial charge >= 0.3 is 0 Å². The van der Waals surface area contributed by atoms with Crippen molar-refractivity contribution in [3.05, 3.63) is 29.8 Å². The molecule has 1 aliphatic rings. The Hall–Kier alpha value is -1.02. The summed E-state index contributed by atoms with van der Waals surface area (Å²) in [6.45, 7) is 2.62. The Labute approximate surface area is 97.3 Å². The van der Waals surface area contributed by atoms with Gasteiger partial charge in [0.2, 0.25) is 0 Å². The Morgan fingerprint density at radius 1 is 1.38 bits per heavy atom. The van der Waals surface area contributed by atoms with Gasteiger partial charge in [-0.1, -0.05) is 19.1 Å². The fourth-order valence-corrected chi connectivity index (χ4v) is 2.32. The van der Waals surface area contributed by atoms with Crippen LogP contribution < -0.4 is 4.74 Å². The van der Waals surface area contributed by atoms with Crippen LogP contribution in [0.15, 0.2) is 24.3 Å². The molecule has 1 aromatic rings. The van der Waals surface area contributed by atoms with Crippen LogP contribution in [-0.4, -0.2) is 18.8 Å². The zero-order valence-corrected chi connectivity index (χ0v) is 10.1. The lowest BCUT2D eigenvalue weighted by atomic mass is 9.96. The number of rotatable bonds is 5. The molecule has 0 bridgehead atoms. The van der Waals surface area contributed by atoms with Gasteiger partial charge in [0.15, 0.2) is 0 Å². The topological polar surface area (TPSA) is 29.5 Å². The van der Waals surface area contributed by atoms with Crippen LogP contribution in [0.4, 0.5) is 0 Å². The first kappa shape index (κ1) is 11.5. The minimum absolute atomic E-state index is 0.346. The summed E-state index contributed by atoms with van der Waals surface area (Å²) in [5, 5.41) is 9.09. The van der Waals surface area contributed by atoms with Gasteiger partial charge in [-0.25, -0.2) is 0 Å². The van der Waals surface area contributed by atoms with Crippen LogP contribution in [0.25, 0.3) is 0 Å². The number of aliphatic hydroxyl groups excluding tert-OH is 1. The van der Waals surface area contributed by atoms with Crippen molar-refractivity contribution in [2.75, 3.05) is 13.7 Å². The Bertz CT molecular complexity index is 344. The molecule has 0 amide bonds. The van der Waals surface area contributed by atoms with Crippen LogP contribution in [-0.2, 0) is 6.42 Å². The second-order valence-corrected chi connectivity index (χ2v) is 5.09. The first-order valence-corrected chi connectivity index (χ1v) is 5.92. The van der Waals surface area contributed by atoms with E-state index in [2.05, 4.69) is 19.1 Å². The third-order valence-corrected chi connectivity index (χ3v) is 3.90. The number of aryl methyl sites for hydroxylation is 1. The summed E-state index contributed by atoms with van der Waals surface area (Å²) in [6.07, 6.45) is 3.45. The van der Waals surface area contributed by atoms with Crippen molar-refractivity contribution in [2.24, 2.45) is 11.3 Å². The fourth-order valence-electron chi connectivity index (χ4n) is 2.32. The molecule has 0 aromatic heterocycles. The van der Waals surface area contributed by atoms with Crippen LogP contribution in [0.5, 0.6) is 5.75 Å². The minimum Gasteiger partial charge on any atom is -0.497 e. The molecular weight excluding hydrogens is 200 g/mol. The average molecular weight is 220 g/mol. The smallest absolute Gasteiger partial charge is 0.118 e. The Morgan fingerprint density at radius 3 is 2.56 bits per heavy atom. The minimum atomic E-state index is 0.346. The van der Waals surface area contributed by atoms with Crippen LogP contribution in [0.3, 0.4) is 0 Å². The molecule has 2 rings (SSSR count). The molecule has 1 fully saturated rings. The van der Waals surface area contributed by atoms with Crippen LogP contribution in [0.1, 0.15) is 25.3 Å². The first-order chi connectivity index (χ1) is 7.68. The highest BCUT2D eigenvalue weighted by molar-refractivity contribution is 5.27. The number of hydrogen-bond donors (Lipinski definition) is 1. The van der Waals surface area contributed by atoms with Gasteiger partial charge in [-0.2, -0.15) is 0 Å². The van der Waals surface area contributed by atoms with Gasteiger partial charge in [0, 0.05) is 6.61 Å². The van der Waals surface area contributed by atoms with Gasteiger partial charge in [-0.3, -0.25) is 0 Å². The predicted octanol–water partition coefficient (Wildman–Crippen LogP) is 2.65. The SMILES string of the molecule is COc1ccc(CCC2(C)CC2CO)cc1. The maximum atomic E-state index is 9.09. The third kappa shape index (κ3) is 2.38. The Kier molecular flexibility index (Phi) is 3.20. The molecule has 0 saturated heterocycles. The number of aliphatic hydroxyl groups is 1. The quantitative estimate of drug-likeness (QED) is 0.826. The van der Waals surface area contributed by atoms with E-state index in [1.165, 1.54) is 18.4 Å². The molecule has 1 N–H and O–H groups in total. The van der Waals surface area contributed by atoms with Gasteiger partial charge < -0.3 is 9.84 Å². The van der Waals surface area contributed by atoms with Crippen molar-refractivity contribution in [3.8, 4) is 5.75 Å².